The predicted molar refractivity (Wildman–Crippen MR) is 96.4 cm³/mol. The smallest absolute Gasteiger partial charge is 0.241 e. The molecule has 1 fully saturated rings. The molecule has 1 saturated heterocycles. The zero-order valence-corrected chi connectivity index (χ0v) is 14.7. The average Bonchev–Trinajstić information content (AvgIpc) is 3.16. The maximum atomic E-state index is 12.3. The molecule has 6 heteroatoms. The van der Waals surface area contributed by atoms with E-state index in [0.29, 0.717) is 6.54 Å². The van der Waals surface area contributed by atoms with Gasteiger partial charge in [-0.2, -0.15) is 5.10 Å². The lowest BCUT2D eigenvalue weighted by Crippen LogP contribution is -2.41. The summed E-state index contributed by atoms with van der Waals surface area (Å²) in [7, 11) is 1.70. The Bertz CT molecular complexity index is 666. The molecule has 0 radical (unpaired) electrons. The summed E-state index contributed by atoms with van der Waals surface area (Å²) in [5, 5.41) is 7.16. The third-order valence-corrected chi connectivity index (χ3v) is 4.69. The van der Waals surface area contributed by atoms with E-state index in [1.165, 1.54) is 19.3 Å². The molecular weight excluding hydrogens is 316 g/mol. The van der Waals surface area contributed by atoms with Crippen LogP contribution in [0.4, 0.5) is 0 Å². The number of hydrogen-bond acceptors (Lipinski definition) is 4. The van der Waals surface area contributed by atoms with Crippen LogP contribution in [0.5, 0.6) is 5.75 Å². The van der Waals surface area contributed by atoms with Crippen LogP contribution in [0.1, 0.15) is 30.9 Å². The molecule has 0 bridgehead atoms. The summed E-state index contributed by atoms with van der Waals surface area (Å²) in [4.78, 5) is 14.7. The topological polar surface area (TPSA) is 59.4 Å². The van der Waals surface area contributed by atoms with Crippen LogP contribution in [-0.2, 0) is 11.3 Å². The first kappa shape index (κ1) is 17.5. The molecule has 1 amide bonds. The number of hydrogen-bond donors (Lipinski definition) is 1. The number of amides is 1. The molecule has 1 aromatic heterocycles. The van der Waals surface area contributed by atoms with Crippen molar-refractivity contribution in [1.82, 2.24) is 20.0 Å². The van der Waals surface area contributed by atoms with Gasteiger partial charge in [0.25, 0.3) is 0 Å². The van der Waals surface area contributed by atoms with Crippen molar-refractivity contribution in [1.29, 1.82) is 0 Å². The minimum atomic E-state index is -0.0272. The first-order valence-electron chi connectivity index (χ1n) is 8.89. The van der Waals surface area contributed by atoms with Gasteiger partial charge in [-0.3, -0.25) is 14.4 Å². The van der Waals surface area contributed by atoms with E-state index in [2.05, 4.69) is 21.4 Å². The van der Waals surface area contributed by atoms with Crippen LogP contribution in [0.15, 0.2) is 42.7 Å². The van der Waals surface area contributed by atoms with Crippen LogP contribution in [0, 0.1) is 0 Å². The molecule has 134 valence electrons. The molecule has 0 saturated carbocycles. The molecule has 0 aliphatic carbocycles. The molecule has 0 spiro atoms. The molecule has 1 aromatic carbocycles. The van der Waals surface area contributed by atoms with Crippen molar-refractivity contribution in [2.45, 2.75) is 31.8 Å². The Morgan fingerprint density at radius 3 is 2.76 bits per heavy atom. The van der Waals surface area contributed by atoms with E-state index in [1.54, 1.807) is 24.2 Å². The van der Waals surface area contributed by atoms with Gasteiger partial charge in [0.2, 0.25) is 5.91 Å². The van der Waals surface area contributed by atoms with Gasteiger partial charge < -0.3 is 10.1 Å². The third-order valence-electron chi connectivity index (χ3n) is 4.69. The fourth-order valence-electron chi connectivity index (χ4n) is 3.42. The maximum Gasteiger partial charge on any atom is 0.241 e. The van der Waals surface area contributed by atoms with Gasteiger partial charge >= 0.3 is 0 Å². The Morgan fingerprint density at radius 2 is 2.04 bits per heavy atom. The molecule has 1 aliphatic heterocycles. The van der Waals surface area contributed by atoms with Gasteiger partial charge in [0.15, 0.2) is 0 Å². The van der Waals surface area contributed by atoms with E-state index in [-0.39, 0.29) is 18.5 Å². The Balaban J connectivity index is 1.71. The molecule has 2 heterocycles. The van der Waals surface area contributed by atoms with Crippen LogP contribution >= 0.6 is 0 Å². The van der Waals surface area contributed by atoms with Crippen molar-refractivity contribution in [2.75, 3.05) is 26.7 Å². The molecule has 1 atom stereocenters. The van der Waals surface area contributed by atoms with Crippen LogP contribution in [-0.4, -0.2) is 47.3 Å². The van der Waals surface area contributed by atoms with E-state index >= 15 is 0 Å². The SMILES string of the molecule is COc1ccccc1[C@H](CNC(=O)Cn1cccn1)N1CCCCC1. The molecular formula is C19H26N4O2. The van der Waals surface area contributed by atoms with E-state index in [4.69, 9.17) is 4.74 Å². The highest BCUT2D eigenvalue weighted by molar-refractivity contribution is 5.75. The van der Waals surface area contributed by atoms with Crippen LogP contribution in [0.3, 0.4) is 0 Å². The van der Waals surface area contributed by atoms with Gasteiger partial charge in [0.1, 0.15) is 12.3 Å². The minimum Gasteiger partial charge on any atom is -0.496 e. The van der Waals surface area contributed by atoms with Crippen LogP contribution in [0.25, 0.3) is 0 Å². The largest absolute Gasteiger partial charge is 0.496 e. The van der Waals surface area contributed by atoms with Crippen molar-refractivity contribution in [3.05, 3.63) is 48.3 Å². The predicted octanol–water partition coefficient (Wildman–Crippen LogP) is 2.24. The molecule has 3 rings (SSSR count). The zero-order valence-electron chi connectivity index (χ0n) is 14.7. The third kappa shape index (κ3) is 4.60. The number of nitrogens with one attached hydrogen (secondary N) is 1. The highest BCUT2D eigenvalue weighted by atomic mass is 16.5. The number of carbonyl (C=O) groups excluding carboxylic acids is 1. The second-order valence-corrected chi connectivity index (χ2v) is 6.36. The van der Waals surface area contributed by atoms with Crippen molar-refractivity contribution < 1.29 is 9.53 Å². The lowest BCUT2D eigenvalue weighted by Gasteiger charge is -2.35. The number of aromatic nitrogens is 2. The molecule has 0 unspecified atom stereocenters. The Morgan fingerprint density at radius 1 is 1.24 bits per heavy atom. The molecule has 2 aromatic rings. The van der Waals surface area contributed by atoms with E-state index in [0.717, 1.165) is 24.4 Å². The number of nitrogens with zero attached hydrogens (tertiary/aromatic N) is 3. The number of rotatable bonds is 7. The van der Waals surface area contributed by atoms with Crippen molar-refractivity contribution >= 4 is 5.91 Å². The summed E-state index contributed by atoms with van der Waals surface area (Å²) in [5.41, 5.74) is 1.13. The molecule has 6 nitrogen and oxygen atoms in total. The lowest BCUT2D eigenvalue weighted by atomic mass is 10.0. The second-order valence-electron chi connectivity index (χ2n) is 6.36. The fraction of sp³-hybridized carbons (Fsp3) is 0.474. The maximum absolute atomic E-state index is 12.3. The number of methoxy groups -OCH3 is 1. The summed E-state index contributed by atoms with van der Waals surface area (Å²) < 4.78 is 7.19. The van der Waals surface area contributed by atoms with Crippen molar-refractivity contribution in [3.63, 3.8) is 0 Å². The second kappa shape index (κ2) is 8.67. The Kier molecular flexibility index (Phi) is 6.06. The van der Waals surface area contributed by atoms with E-state index < -0.39 is 0 Å². The summed E-state index contributed by atoms with van der Waals surface area (Å²) in [6.07, 6.45) is 7.15. The van der Waals surface area contributed by atoms with Crippen molar-refractivity contribution in [2.24, 2.45) is 0 Å². The van der Waals surface area contributed by atoms with E-state index in [9.17, 15) is 4.79 Å². The van der Waals surface area contributed by atoms with Crippen LogP contribution in [0.2, 0.25) is 0 Å². The number of para-hydroxylation sites is 1. The number of likely N-dealkylation sites (tertiary alicyclic amines) is 1. The normalized spacial score (nSPS) is 16.4. The van der Waals surface area contributed by atoms with Crippen LogP contribution < -0.4 is 10.1 Å². The van der Waals surface area contributed by atoms with Gasteiger partial charge in [-0.05, 0) is 38.1 Å². The van der Waals surface area contributed by atoms with Gasteiger partial charge in [-0.1, -0.05) is 24.6 Å². The molecule has 1 aliphatic rings. The Hall–Kier alpha value is -2.34. The first-order chi connectivity index (χ1) is 12.3. The number of carbonyl (C=O) groups is 1. The zero-order chi connectivity index (χ0) is 17.5. The summed E-state index contributed by atoms with van der Waals surface area (Å²) in [6, 6.07) is 10.0. The quantitative estimate of drug-likeness (QED) is 0.838. The molecule has 1 N–H and O–H groups in total. The lowest BCUT2D eigenvalue weighted by molar-refractivity contribution is -0.122. The molecule has 25 heavy (non-hydrogen) atoms. The number of ether oxygens (including phenoxy) is 1. The summed E-state index contributed by atoms with van der Waals surface area (Å²) >= 11 is 0. The van der Waals surface area contributed by atoms with Gasteiger partial charge in [-0.25, -0.2) is 0 Å². The van der Waals surface area contributed by atoms with Gasteiger partial charge in [-0.15, -0.1) is 0 Å². The average molecular weight is 342 g/mol. The van der Waals surface area contributed by atoms with Gasteiger partial charge in [0, 0.05) is 24.5 Å². The number of piperidine rings is 1. The number of benzene rings is 1. The minimum absolute atomic E-state index is 0.0272. The highest BCUT2D eigenvalue weighted by Gasteiger charge is 2.25. The summed E-state index contributed by atoms with van der Waals surface area (Å²) in [6.45, 7) is 2.92. The van der Waals surface area contributed by atoms with E-state index in [1.807, 2.05) is 24.3 Å². The standard InChI is InChI=1S/C19H26N4O2/c1-25-18-9-4-3-8-16(18)17(22-11-5-2-6-12-22)14-20-19(24)15-23-13-7-10-21-23/h3-4,7-10,13,17H,2,5-6,11-12,14-15H2,1H3,(H,20,24)/t17-/m0/s1. The Labute approximate surface area is 148 Å². The fourth-order valence-corrected chi connectivity index (χ4v) is 3.42. The summed E-state index contributed by atoms with van der Waals surface area (Å²) in [5.74, 6) is 0.847. The highest BCUT2D eigenvalue weighted by Crippen LogP contribution is 2.30. The van der Waals surface area contributed by atoms with Crippen molar-refractivity contribution in [3.8, 4) is 5.75 Å². The van der Waals surface area contributed by atoms with Gasteiger partial charge in [0.05, 0.1) is 13.2 Å². The monoisotopic (exact) mass is 342 g/mol. The first-order valence-corrected chi connectivity index (χ1v) is 8.89.